The van der Waals surface area contributed by atoms with Gasteiger partial charge in [0, 0.05) is 21.6 Å². The fourth-order valence-electron chi connectivity index (χ4n) is 3.74. The minimum absolute atomic E-state index is 0.0373. The molecule has 0 N–H and O–H groups in total. The van der Waals surface area contributed by atoms with Crippen LogP contribution in [-0.2, 0) is 0 Å². The quantitative estimate of drug-likeness (QED) is 0.317. The van der Waals surface area contributed by atoms with Crippen LogP contribution in [0.1, 0.15) is 37.4 Å². The Morgan fingerprint density at radius 2 is 1.35 bits per heavy atom. The van der Waals surface area contributed by atoms with E-state index in [-0.39, 0.29) is 11.6 Å². The molecule has 154 valence electrons. The molecule has 31 heavy (non-hydrogen) atoms. The zero-order valence-electron chi connectivity index (χ0n) is 17.6. The number of carbonyl (C=O) groups excluding carboxylic acids is 2. The van der Waals surface area contributed by atoms with Crippen LogP contribution in [0, 0.1) is 6.92 Å². The van der Waals surface area contributed by atoms with Gasteiger partial charge in [0.25, 0.3) is 0 Å². The Hall–Kier alpha value is -3.50. The average Bonchev–Trinajstić information content (AvgIpc) is 3.16. The van der Waals surface area contributed by atoms with Gasteiger partial charge in [0.2, 0.25) is 5.78 Å². The second-order valence-corrected chi connectivity index (χ2v) is 8.52. The lowest BCUT2D eigenvalue weighted by Crippen LogP contribution is -2.03. The van der Waals surface area contributed by atoms with Gasteiger partial charge in [-0.3, -0.25) is 9.59 Å². The van der Waals surface area contributed by atoms with Gasteiger partial charge in [-0.05, 0) is 54.8 Å². The normalized spacial score (nSPS) is 10.7. The molecule has 0 radical (unpaired) electrons. The van der Waals surface area contributed by atoms with Crippen molar-refractivity contribution in [1.82, 2.24) is 0 Å². The third kappa shape index (κ3) is 4.07. The van der Waals surface area contributed by atoms with Crippen LogP contribution in [0.25, 0.3) is 22.3 Å². The Balaban J connectivity index is 1.81. The van der Waals surface area contributed by atoms with Crippen LogP contribution in [-0.4, -0.2) is 18.7 Å². The molecule has 0 fully saturated rings. The Morgan fingerprint density at radius 1 is 0.774 bits per heavy atom. The molecule has 0 amide bonds. The fourth-order valence-corrected chi connectivity index (χ4v) is 4.92. The molecule has 1 aromatic heterocycles. The molecule has 0 aliphatic carbocycles. The number of ether oxygens (including phenoxy) is 1. The van der Waals surface area contributed by atoms with Crippen molar-refractivity contribution in [3.63, 3.8) is 0 Å². The number of Topliss-reactive ketones (excluding diaryl/α,β-unsaturated/α-hetero) is 1. The molecule has 0 spiro atoms. The highest BCUT2D eigenvalue weighted by Crippen LogP contribution is 2.39. The second-order valence-electron chi connectivity index (χ2n) is 7.29. The number of carbonyl (C=O) groups is 2. The zero-order valence-corrected chi connectivity index (χ0v) is 18.5. The summed E-state index contributed by atoms with van der Waals surface area (Å²) < 4.78 is 5.20. The first-order valence-corrected chi connectivity index (χ1v) is 10.8. The molecular formula is C27H22O3S. The van der Waals surface area contributed by atoms with E-state index in [0.29, 0.717) is 21.8 Å². The van der Waals surface area contributed by atoms with Crippen molar-refractivity contribution in [3.8, 4) is 28.0 Å². The van der Waals surface area contributed by atoms with Crippen molar-refractivity contribution in [2.45, 2.75) is 13.8 Å². The molecule has 4 aromatic rings. The molecule has 3 nitrogen and oxygen atoms in total. The first-order chi connectivity index (χ1) is 15.0. The topological polar surface area (TPSA) is 43.4 Å². The SMILES string of the molecule is COc1ccc(C(=O)c2sc(C)c(C(C)=O)c2-c2ccc(-c3ccccc3)cc2)cc1. The van der Waals surface area contributed by atoms with Gasteiger partial charge in [-0.1, -0.05) is 54.6 Å². The average molecular weight is 427 g/mol. The molecule has 0 aliphatic heterocycles. The smallest absolute Gasteiger partial charge is 0.203 e. The van der Waals surface area contributed by atoms with E-state index in [9.17, 15) is 9.59 Å². The minimum atomic E-state index is -0.0922. The molecule has 3 aromatic carbocycles. The third-order valence-corrected chi connectivity index (χ3v) is 6.38. The monoisotopic (exact) mass is 426 g/mol. The number of thiophene rings is 1. The zero-order chi connectivity index (χ0) is 22.0. The van der Waals surface area contributed by atoms with E-state index >= 15 is 0 Å². The van der Waals surface area contributed by atoms with Crippen LogP contribution in [0.2, 0.25) is 0 Å². The Labute approximate surface area is 186 Å². The molecular weight excluding hydrogens is 404 g/mol. The Morgan fingerprint density at radius 3 is 1.94 bits per heavy atom. The van der Waals surface area contributed by atoms with E-state index in [1.54, 1.807) is 38.3 Å². The Bertz CT molecular complexity index is 1230. The number of methoxy groups -OCH3 is 1. The van der Waals surface area contributed by atoms with Crippen LogP contribution in [0.15, 0.2) is 78.9 Å². The standard InChI is InChI=1S/C27H22O3S/c1-17(28)24-18(2)31-27(26(29)22-13-15-23(30-3)16-14-22)25(24)21-11-9-20(10-12-21)19-7-5-4-6-8-19/h4-16H,1-3H3. The molecule has 0 unspecified atom stereocenters. The van der Waals surface area contributed by atoms with Gasteiger partial charge in [-0.25, -0.2) is 0 Å². The van der Waals surface area contributed by atoms with Gasteiger partial charge in [-0.2, -0.15) is 0 Å². The van der Waals surface area contributed by atoms with Crippen LogP contribution < -0.4 is 4.74 Å². The van der Waals surface area contributed by atoms with E-state index < -0.39 is 0 Å². The summed E-state index contributed by atoms with van der Waals surface area (Å²) in [6.45, 7) is 3.45. The predicted molar refractivity (Wildman–Crippen MR) is 126 cm³/mol. The molecule has 0 bridgehead atoms. The molecule has 0 atom stereocenters. The number of ketones is 2. The predicted octanol–water partition coefficient (Wildman–Crippen LogP) is 6.83. The van der Waals surface area contributed by atoms with E-state index in [1.165, 1.54) is 11.3 Å². The summed E-state index contributed by atoms with van der Waals surface area (Å²) in [5.41, 5.74) is 4.98. The van der Waals surface area contributed by atoms with E-state index in [0.717, 1.165) is 27.1 Å². The highest BCUT2D eigenvalue weighted by molar-refractivity contribution is 7.15. The van der Waals surface area contributed by atoms with Crippen molar-refractivity contribution in [2.75, 3.05) is 7.11 Å². The molecule has 4 rings (SSSR count). The number of aryl methyl sites for hydroxylation is 1. The summed E-state index contributed by atoms with van der Waals surface area (Å²) >= 11 is 1.38. The van der Waals surface area contributed by atoms with Gasteiger partial charge in [0.05, 0.1) is 12.0 Å². The second kappa shape index (κ2) is 8.70. The maximum Gasteiger partial charge on any atom is 0.203 e. The number of benzene rings is 3. The third-order valence-electron chi connectivity index (χ3n) is 5.28. The van der Waals surface area contributed by atoms with Crippen LogP contribution in [0.5, 0.6) is 5.75 Å². The van der Waals surface area contributed by atoms with Gasteiger partial charge in [-0.15, -0.1) is 11.3 Å². The van der Waals surface area contributed by atoms with Crippen molar-refractivity contribution >= 4 is 22.9 Å². The summed E-state index contributed by atoms with van der Waals surface area (Å²) in [5, 5.41) is 0. The van der Waals surface area contributed by atoms with Crippen molar-refractivity contribution in [1.29, 1.82) is 0 Å². The number of hydrogen-bond acceptors (Lipinski definition) is 4. The lowest BCUT2D eigenvalue weighted by molar-refractivity contribution is 0.101. The fraction of sp³-hybridized carbons (Fsp3) is 0.111. The van der Waals surface area contributed by atoms with Gasteiger partial charge in [0.15, 0.2) is 5.78 Å². The highest BCUT2D eigenvalue weighted by Gasteiger charge is 2.25. The van der Waals surface area contributed by atoms with E-state index in [2.05, 4.69) is 12.1 Å². The minimum Gasteiger partial charge on any atom is -0.497 e. The summed E-state index contributed by atoms with van der Waals surface area (Å²) in [4.78, 5) is 27.3. The van der Waals surface area contributed by atoms with Crippen LogP contribution in [0.4, 0.5) is 0 Å². The summed E-state index contributed by atoms with van der Waals surface area (Å²) in [6, 6.07) is 25.2. The van der Waals surface area contributed by atoms with Gasteiger partial charge in [0.1, 0.15) is 5.75 Å². The van der Waals surface area contributed by atoms with E-state index in [4.69, 9.17) is 4.74 Å². The van der Waals surface area contributed by atoms with Crippen molar-refractivity contribution in [2.24, 2.45) is 0 Å². The molecule has 4 heteroatoms. The van der Waals surface area contributed by atoms with E-state index in [1.807, 2.05) is 49.4 Å². The van der Waals surface area contributed by atoms with Crippen molar-refractivity contribution in [3.05, 3.63) is 99.7 Å². The number of hydrogen-bond donors (Lipinski definition) is 0. The highest BCUT2D eigenvalue weighted by atomic mass is 32.1. The lowest BCUT2D eigenvalue weighted by atomic mass is 9.93. The van der Waals surface area contributed by atoms with Crippen LogP contribution >= 0.6 is 11.3 Å². The molecule has 0 saturated carbocycles. The lowest BCUT2D eigenvalue weighted by Gasteiger charge is -2.09. The Kier molecular flexibility index (Phi) is 5.83. The van der Waals surface area contributed by atoms with Gasteiger partial charge < -0.3 is 4.74 Å². The first kappa shape index (κ1) is 20.8. The summed E-state index contributed by atoms with van der Waals surface area (Å²) in [5.74, 6) is 0.565. The molecule has 1 heterocycles. The summed E-state index contributed by atoms with van der Waals surface area (Å²) in [7, 11) is 1.59. The molecule has 0 aliphatic rings. The van der Waals surface area contributed by atoms with Crippen molar-refractivity contribution < 1.29 is 14.3 Å². The summed E-state index contributed by atoms with van der Waals surface area (Å²) in [6.07, 6.45) is 0. The first-order valence-electron chi connectivity index (χ1n) is 9.98. The number of rotatable bonds is 6. The maximum atomic E-state index is 13.4. The van der Waals surface area contributed by atoms with Crippen LogP contribution in [0.3, 0.4) is 0 Å². The maximum absolute atomic E-state index is 13.4. The molecule has 0 saturated heterocycles. The van der Waals surface area contributed by atoms with Gasteiger partial charge >= 0.3 is 0 Å². The largest absolute Gasteiger partial charge is 0.497 e.